The van der Waals surface area contributed by atoms with E-state index in [-0.39, 0.29) is 24.6 Å². The molecule has 0 atom stereocenters. The zero-order chi connectivity index (χ0) is 15.9. The van der Waals surface area contributed by atoms with Gasteiger partial charge in [0.2, 0.25) is 5.91 Å². The number of hydrogen-bond acceptors (Lipinski definition) is 5. The number of anilines is 1. The van der Waals surface area contributed by atoms with Crippen LogP contribution in [0.15, 0.2) is 24.3 Å². The molecule has 0 aliphatic rings. The van der Waals surface area contributed by atoms with Crippen LogP contribution in [0.3, 0.4) is 0 Å². The number of methoxy groups -OCH3 is 1. The molecule has 0 saturated heterocycles. The second-order valence-corrected chi connectivity index (χ2v) is 5.54. The standard InChI is InChI=1S/C15H22N2O4/c1-15(2,3)16-9-13(18)17-11-5-7-12(8-6-11)21-10-14(19)20-4/h5-8,16H,9-10H2,1-4H3,(H,17,18). The summed E-state index contributed by atoms with van der Waals surface area (Å²) >= 11 is 0. The number of carbonyl (C=O) groups excluding carboxylic acids is 2. The number of hydrogen-bond donors (Lipinski definition) is 2. The minimum absolute atomic E-state index is 0.108. The van der Waals surface area contributed by atoms with Crippen LogP contribution in [0, 0.1) is 0 Å². The molecule has 6 nitrogen and oxygen atoms in total. The van der Waals surface area contributed by atoms with Gasteiger partial charge >= 0.3 is 5.97 Å². The summed E-state index contributed by atoms with van der Waals surface area (Å²) in [6, 6.07) is 6.77. The van der Waals surface area contributed by atoms with Crippen LogP contribution in [0.5, 0.6) is 5.75 Å². The van der Waals surface area contributed by atoms with E-state index in [0.717, 1.165) is 0 Å². The van der Waals surface area contributed by atoms with Gasteiger partial charge in [-0.15, -0.1) is 0 Å². The van der Waals surface area contributed by atoms with Crippen LogP contribution in [0.1, 0.15) is 20.8 Å². The number of esters is 1. The molecule has 0 bridgehead atoms. The van der Waals surface area contributed by atoms with Crippen molar-refractivity contribution in [1.29, 1.82) is 0 Å². The van der Waals surface area contributed by atoms with Gasteiger partial charge in [0, 0.05) is 11.2 Å². The maximum atomic E-state index is 11.7. The van der Waals surface area contributed by atoms with Crippen LogP contribution >= 0.6 is 0 Å². The smallest absolute Gasteiger partial charge is 0.343 e. The van der Waals surface area contributed by atoms with Crippen LogP contribution in [-0.2, 0) is 14.3 Å². The minimum Gasteiger partial charge on any atom is -0.482 e. The van der Waals surface area contributed by atoms with E-state index in [4.69, 9.17) is 4.74 Å². The molecule has 2 N–H and O–H groups in total. The lowest BCUT2D eigenvalue weighted by atomic mass is 10.1. The van der Waals surface area contributed by atoms with E-state index in [1.54, 1.807) is 24.3 Å². The SMILES string of the molecule is COC(=O)COc1ccc(NC(=O)CNC(C)(C)C)cc1. The Bertz CT molecular complexity index is 477. The second-order valence-electron chi connectivity index (χ2n) is 5.54. The summed E-state index contributed by atoms with van der Waals surface area (Å²) in [4.78, 5) is 22.7. The van der Waals surface area contributed by atoms with Crippen molar-refractivity contribution in [2.75, 3.05) is 25.6 Å². The highest BCUT2D eigenvalue weighted by molar-refractivity contribution is 5.92. The van der Waals surface area contributed by atoms with Gasteiger partial charge in [0.25, 0.3) is 0 Å². The second kappa shape index (κ2) is 7.64. The Balaban J connectivity index is 2.43. The van der Waals surface area contributed by atoms with E-state index in [0.29, 0.717) is 11.4 Å². The van der Waals surface area contributed by atoms with Crippen LogP contribution < -0.4 is 15.4 Å². The van der Waals surface area contributed by atoms with Gasteiger partial charge in [0.1, 0.15) is 5.75 Å². The van der Waals surface area contributed by atoms with Gasteiger partial charge < -0.3 is 20.1 Å². The molecule has 1 amide bonds. The van der Waals surface area contributed by atoms with Crippen LogP contribution in [0.2, 0.25) is 0 Å². The van der Waals surface area contributed by atoms with Crippen molar-refractivity contribution in [2.24, 2.45) is 0 Å². The van der Waals surface area contributed by atoms with Crippen molar-refractivity contribution < 1.29 is 19.1 Å². The molecule has 1 aromatic rings. The molecule has 21 heavy (non-hydrogen) atoms. The first-order valence-corrected chi connectivity index (χ1v) is 6.65. The molecule has 0 aromatic heterocycles. The molecule has 0 unspecified atom stereocenters. The molecule has 116 valence electrons. The highest BCUT2D eigenvalue weighted by Crippen LogP contribution is 2.15. The summed E-state index contributed by atoms with van der Waals surface area (Å²) in [7, 11) is 1.30. The molecule has 0 saturated carbocycles. The molecule has 0 aliphatic heterocycles. The molecule has 0 radical (unpaired) electrons. The highest BCUT2D eigenvalue weighted by atomic mass is 16.6. The van der Waals surface area contributed by atoms with E-state index in [1.807, 2.05) is 20.8 Å². The van der Waals surface area contributed by atoms with Gasteiger partial charge in [-0.1, -0.05) is 0 Å². The van der Waals surface area contributed by atoms with E-state index in [2.05, 4.69) is 15.4 Å². The van der Waals surface area contributed by atoms with Crippen LogP contribution in [-0.4, -0.2) is 37.7 Å². The fourth-order valence-electron chi connectivity index (χ4n) is 1.39. The molecule has 0 fully saturated rings. The summed E-state index contributed by atoms with van der Waals surface area (Å²) in [5.74, 6) is -0.0278. The van der Waals surface area contributed by atoms with E-state index < -0.39 is 5.97 Å². The first-order chi connectivity index (χ1) is 9.80. The first kappa shape index (κ1) is 17.0. The number of ether oxygens (including phenoxy) is 2. The van der Waals surface area contributed by atoms with Crippen molar-refractivity contribution in [3.05, 3.63) is 24.3 Å². The maximum Gasteiger partial charge on any atom is 0.343 e. The molecule has 0 aliphatic carbocycles. The Labute approximate surface area is 124 Å². The molecule has 1 aromatic carbocycles. The van der Waals surface area contributed by atoms with Gasteiger partial charge in [-0.05, 0) is 45.0 Å². The predicted molar refractivity (Wildman–Crippen MR) is 80.3 cm³/mol. The fourth-order valence-corrected chi connectivity index (χ4v) is 1.39. The lowest BCUT2D eigenvalue weighted by Crippen LogP contribution is -2.41. The number of nitrogens with one attached hydrogen (secondary N) is 2. The van der Waals surface area contributed by atoms with Crippen LogP contribution in [0.4, 0.5) is 5.69 Å². The van der Waals surface area contributed by atoms with Crippen molar-refractivity contribution in [1.82, 2.24) is 5.32 Å². The third-order valence-electron chi connectivity index (χ3n) is 2.50. The summed E-state index contributed by atoms with van der Waals surface area (Å²) in [6.07, 6.45) is 0. The summed E-state index contributed by atoms with van der Waals surface area (Å²) in [6.45, 7) is 6.08. The van der Waals surface area contributed by atoms with Crippen molar-refractivity contribution in [3.8, 4) is 5.75 Å². The average molecular weight is 294 g/mol. The predicted octanol–water partition coefficient (Wildman–Crippen LogP) is 1.56. The number of carbonyl (C=O) groups is 2. The zero-order valence-corrected chi connectivity index (χ0v) is 12.9. The number of rotatable bonds is 6. The van der Waals surface area contributed by atoms with Crippen molar-refractivity contribution in [2.45, 2.75) is 26.3 Å². The van der Waals surface area contributed by atoms with Crippen LogP contribution in [0.25, 0.3) is 0 Å². The quantitative estimate of drug-likeness (QED) is 0.779. The molecule has 0 spiro atoms. The molecule has 6 heteroatoms. The summed E-state index contributed by atoms with van der Waals surface area (Å²) in [5, 5.41) is 5.87. The Morgan fingerprint density at radius 3 is 2.29 bits per heavy atom. The van der Waals surface area contributed by atoms with Gasteiger partial charge in [-0.25, -0.2) is 4.79 Å². The monoisotopic (exact) mass is 294 g/mol. The topological polar surface area (TPSA) is 76.7 Å². The Kier molecular flexibility index (Phi) is 6.17. The maximum absolute atomic E-state index is 11.7. The molecule has 0 heterocycles. The third-order valence-corrected chi connectivity index (χ3v) is 2.50. The fraction of sp³-hybridized carbons (Fsp3) is 0.467. The van der Waals surface area contributed by atoms with Gasteiger partial charge in [-0.3, -0.25) is 4.79 Å². The summed E-state index contributed by atoms with van der Waals surface area (Å²) < 4.78 is 9.69. The van der Waals surface area contributed by atoms with Gasteiger partial charge in [-0.2, -0.15) is 0 Å². The Hall–Kier alpha value is -2.08. The van der Waals surface area contributed by atoms with Gasteiger partial charge in [0.05, 0.1) is 13.7 Å². The number of amides is 1. The third kappa shape index (κ3) is 7.31. The molecular formula is C15H22N2O4. The average Bonchev–Trinajstić information content (AvgIpc) is 2.43. The first-order valence-electron chi connectivity index (χ1n) is 6.65. The Morgan fingerprint density at radius 1 is 1.14 bits per heavy atom. The lowest BCUT2D eigenvalue weighted by Gasteiger charge is -2.20. The minimum atomic E-state index is -0.444. The van der Waals surface area contributed by atoms with E-state index >= 15 is 0 Å². The Morgan fingerprint density at radius 2 is 1.76 bits per heavy atom. The molecule has 1 rings (SSSR count). The van der Waals surface area contributed by atoms with Crippen molar-refractivity contribution in [3.63, 3.8) is 0 Å². The number of benzene rings is 1. The van der Waals surface area contributed by atoms with E-state index in [9.17, 15) is 9.59 Å². The van der Waals surface area contributed by atoms with E-state index in [1.165, 1.54) is 7.11 Å². The summed E-state index contributed by atoms with van der Waals surface area (Å²) in [5.41, 5.74) is 0.559. The largest absolute Gasteiger partial charge is 0.482 e. The normalized spacial score (nSPS) is 10.9. The molecular weight excluding hydrogens is 272 g/mol. The lowest BCUT2D eigenvalue weighted by molar-refractivity contribution is -0.142. The van der Waals surface area contributed by atoms with Gasteiger partial charge in [0.15, 0.2) is 6.61 Å². The van der Waals surface area contributed by atoms with Crippen molar-refractivity contribution >= 4 is 17.6 Å². The zero-order valence-electron chi connectivity index (χ0n) is 12.9. The highest BCUT2D eigenvalue weighted by Gasteiger charge is 2.11.